The lowest BCUT2D eigenvalue weighted by Gasteiger charge is -2.39. The summed E-state index contributed by atoms with van der Waals surface area (Å²) in [6.07, 6.45) is 0.359. The van der Waals surface area contributed by atoms with Crippen LogP contribution in [0.25, 0.3) is 0 Å². The minimum absolute atomic E-state index is 0.0438. The Labute approximate surface area is 177 Å². The average molecular weight is 399 g/mol. The number of nitrogens with zero attached hydrogens (tertiary/aromatic N) is 3. The number of aliphatic hydroxyl groups is 1. The fraction of sp³-hybridized carbons (Fsp3) is 0.348. The van der Waals surface area contributed by atoms with Crippen molar-refractivity contribution in [1.82, 2.24) is 9.80 Å². The molecule has 2 heterocycles. The topological polar surface area (TPSA) is 84.6 Å². The van der Waals surface area contributed by atoms with Gasteiger partial charge in [0.1, 0.15) is 7.85 Å². The van der Waals surface area contributed by atoms with Gasteiger partial charge < -0.3 is 10.0 Å². The first-order valence-corrected chi connectivity index (χ1v) is 10.1. The van der Waals surface area contributed by atoms with Gasteiger partial charge >= 0.3 is 0 Å². The summed E-state index contributed by atoms with van der Waals surface area (Å²) in [4.78, 5) is 28.1. The zero-order valence-corrected chi connectivity index (χ0v) is 16.6. The van der Waals surface area contributed by atoms with E-state index in [1.54, 1.807) is 24.3 Å². The maximum Gasteiger partial charge on any atom is 0.261 e. The van der Waals surface area contributed by atoms with E-state index in [1.807, 2.05) is 24.3 Å². The molecule has 6 nitrogen and oxygen atoms in total. The molecular weight excluding hydrogens is 377 g/mol. The number of piperidine rings is 1. The molecule has 0 spiro atoms. The molecule has 0 bridgehead atoms. The summed E-state index contributed by atoms with van der Waals surface area (Å²) >= 11 is 0. The first-order chi connectivity index (χ1) is 14.4. The quantitative estimate of drug-likeness (QED) is 0.599. The minimum atomic E-state index is -0.858. The third-order valence-electron chi connectivity index (χ3n) is 6.14. The highest BCUT2D eigenvalue weighted by Crippen LogP contribution is 2.34. The van der Waals surface area contributed by atoms with Crippen LogP contribution in [-0.2, 0) is 5.41 Å². The molecule has 0 aromatic heterocycles. The summed E-state index contributed by atoms with van der Waals surface area (Å²) in [5.74, 6) is -0.729. The molecule has 7 heteroatoms. The van der Waals surface area contributed by atoms with Crippen LogP contribution in [-0.4, -0.2) is 66.8 Å². The van der Waals surface area contributed by atoms with Crippen LogP contribution >= 0.6 is 0 Å². The van der Waals surface area contributed by atoms with E-state index in [0.717, 1.165) is 10.5 Å². The lowest BCUT2D eigenvalue weighted by molar-refractivity contribution is 0.0436. The smallest absolute Gasteiger partial charge is 0.261 e. The lowest BCUT2D eigenvalue weighted by atomic mass is 9.69. The second-order valence-corrected chi connectivity index (χ2v) is 8.00. The molecule has 2 aliphatic rings. The van der Waals surface area contributed by atoms with E-state index in [2.05, 4.69) is 11.0 Å². The number of hydrogen-bond donors (Lipinski definition) is 1. The third kappa shape index (κ3) is 3.53. The van der Waals surface area contributed by atoms with Crippen molar-refractivity contribution < 1.29 is 14.7 Å². The third-order valence-corrected chi connectivity index (χ3v) is 6.14. The summed E-state index contributed by atoms with van der Waals surface area (Å²) in [6, 6.07) is 16.6. The molecule has 0 aliphatic carbocycles. The summed E-state index contributed by atoms with van der Waals surface area (Å²) in [6.45, 7) is 1.54. The van der Waals surface area contributed by atoms with Gasteiger partial charge in [0.15, 0.2) is 0 Å². The van der Waals surface area contributed by atoms with Crippen LogP contribution in [0.1, 0.15) is 39.1 Å². The van der Waals surface area contributed by atoms with Crippen LogP contribution < -0.4 is 5.46 Å². The van der Waals surface area contributed by atoms with Gasteiger partial charge in [0.05, 0.1) is 35.3 Å². The van der Waals surface area contributed by atoms with Crippen LogP contribution in [0.3, 0.4) is 0 Å². The molecule has 2 aromatic rings. The standard InChI is InChI=1S/C23H22BN3O3/c24-20-8-4-3-7-19(20)23(15-25)9-11-26(12-10-23)13-16(28)14-27-21(29)17-5-1-2-6-18(17)22(27)30/h1-8,16,28H,9-14H2. The Morgan fingerprint density at radius 3 is 2.13 bits per heavy atom. The SMILES string of the molecule is [B]c1ccccc1C1(C#N)CCN(CC(O)CN2C(=O)c3ccccc3C2=O)CC1. The zero-order valence-electron chi connectivity index (χ0n) is 16.6. The average Bonchev–Trinajstić information content (AvgIpc) is 3.00. The molecule has 1 fully saturated rings. The van der Waals surface area contributed by atoms with Crippen molar-refractivity contribution in [2.75, 3.05) is 26.2 Å². The predicted molar refractivity (Wildman–Crippen MR) is 113 cm³/mol. The summed E-state index contributed by atoms with van der Waals surface area (Å²) in [5.41, 5.74) is 1.62. The number of carbonyl (C=O) groups excluding carboxylic acids is 2. The second kappa shape index (κ2) is 8.06. The lowest BCUT2D eigenvalue weighted by Crippen LogP contribution is -2.48. The molecule has 150 valence electrons. The molecule has 2 radical (unpaired) electrons. The summed E-state index contributed by atoms with van der Waals surface area (Å²) < 4.78 is 0. The minimum Gasteiger partial charge on any atom is -0.390 e. The van der Waals surface area contributed by atoms with Crippen molar-refractivity contribution in [2.45, 2.75) is 24.4 Å². The molecule has 30 heavy (non-hydrogen) atoms. The predicted octanol–water partition coefficient (Wildman–Crippen LogP) is 0.995. The van der Waals surface area contributed by atoms with E-state index in [0.29, 0.717) is 49.1 Å². The first-order valence-electron chi connectivity index (χ1n) is 10.1. The number of fused-ring (bicyclic) bond motifs is 1. The number of amides is 2. The van der Waals surface area contributed by atoms with E-state index >= 15 is 0 Å². The van der Waals surface area contributed by atoms with Crippen molar-refractivity contribution in [3.05, 3.63) is 65.2 Å². The molecule has 2 amide bonds. The largest absolute Gasteiger partial charge is 0.390 e. The van der Waals surface area contributed by atoms with Gasteiger partial charge in [-0.25, -0.2) is 0 Å². The number of rotatable bonds is 5. The monoisotopic (exact) mass is 399 g/mol. The van der Waals surface area contributed by atoms with Gasteiger partial charge in [-0.1, -0.05) is 41.9 Å². The number of nitriles is 1. The van der Waals surface area contributed by atoms with Gasteiger partial charge in [0, 0.05) is 19.6 Å². The zero-order chi connectivity index (χ0) is 21.3. The normalized spacial score (nSPS) is 19.4. The van der Waals surface area contributed by atoms with E-state index in [4.69, 9.17) is 7.85 Å². The van der Waals surface area contributed by atoms with Gasteiger partial charge in [0.25, 0.3) is 11.8 Å². The van der Waals surface area contributed by atoms with Gasteiger partial charge in [-0.3, -0.25) is 14.5 Å². The number of imide groups is 1. The van der Waals surface area contributed by atoms with E-state index in [9.17, 15) is 20.0 Å². The van der Waals surface area contributed by atoms with Gasteiger partial charge in [-0.15, -0.1) is 0 Å². The maximum atomic E-state index is 12.5. The first kappa shape index (κ1) is 20.3. The number of likely N-dealkylation sites (tertiary alicyclic amines) is 1. The Morgan fingerprint density at radius 1 is 1.00 bits per heavy atom. The molecule has 2 aliphatic heterocycles. The highest BCUT2D eigenvalue weighted by Gasteiger charge is 2.39. The molecule has 1 saturated heterocycles. The Morgan fingerprint density at radius 2 is 1.57 bits per heavy atom. The molecule has 0 saturated carbocycles. The second-order valence-electron chi connectivity index (χ2n) is 8.00. The van der Waals surface area contributed by atoms with Gasteiger partial charge in [-0.05, 0) is 30.5 Å². The number of aliphatic hydroxyl groups excluding tert-OH is 1. The van der Waals surface area contributed by atoms with Crippen LogP contribution in [0.15, 0.2) is 48.5 Å². The van der Waals surface area contributed by atoms with Crippen LogP contribution in [0.2, 0.25) is 0 Å². The van der Waals surface area contributed by atoms with Crippen LogP contribution in [0, 0.1) is 11.3 Å². The number of hydrogen-bond acceptors (Lipinski definition) is 5. The summed E-state index contributed by atoms with van der Waals surface area (Å²) in [5, 5.41) is 20.4. The van der Waals surface area contributed by atoms with Crippen molar-refractivity contribution in [2.24, 2.45) is 0 Å². The molecule has 4 rings (SSSR count). The van der Waals surface area contributed by atoms with Crippen molar-refractivity contribution in [1.29, 1.82) is 5.26 Å². The van der Waals surface area contributed by atoms with E-state index < -0.39 is 11.5 Å². The highest BCUT2D eigenvalue weighted by molar-refractivity contribution is 6.33. The maximum absolute atomic E-state index is 12.5. The van der Waals surface area contributed by atoms with Crippen molar-refractivity contribution in [3.8, 4) is 6.07 Å². The molecule has 1 atom stereocenters. The number of benzene rings is 2. The van der Waals surface area contributed by atoms with Crippen LogP contribution in [0.5, 0.6) is 0 Å². The summed E-state index contributed by atoms with van der Waals surface area (Å²) in [7, 11) is 6.11. The number of β-amino-alcohol motifs (C(OH)–C–C–N with tert-alkyl or cyclic N) is 1. The van der Waals surface area contributed by atoms with Gasteiger partial charge in [-0.2, -0.15) is 5.26 Å². The van der Waals surface area contributed by atoms with Crippen LogP contribution in [0.4, 0.5) is 0 Å². The van der Waals surface area contributed by atoms with Crippen molar-refractivity contribution >= 4 is 25.1 Å². The Hall–Kier alpha value is -2.95. The van der Waals surface area contributed by atoms with Crippen molar-refractivity contribution in [3.63, 3.8) is 0 Å². The Bertz CT molecular complexity index is 989. The molecule has 1 unspecified atom stereocenters. The van der Waals surface area contributed by atoms with Gasteiger partial charge in [0.2, 0.25) is 0 Å². The molecule has 2 aromatic carbocycles. The molecule has 1 N–H and O–H groups in total. The number of carbonyl (C=O) groups is 2. The molecular formula is C23H22BN3O3. The Kier molecular flexibility index (Phi) is 5.46. The van der Waals surface area contributed by atoms with E-state index in [1.165, 1.54) is 0 Å². The fourth-order valence-electron chi connectivity index (χ4n) is 4.46. The Balaban J connectivity index is 1.37. The highest BCUT2D eigenvalue weighted by atomic mass is 16.3. The fourth-order valence-corrected chi connectivity index (χ4v) is 4.46. The van der Waals surface area contributed by atoms with E-state index in [-0.39, 0.29) is 18.4 Å².